The van der Waals surface area contributed by atoms with E-state index in [0.717, 1.165) is 30.5 Å². The molecule has 1 heterocycles. The second-order valence-electron chi connectivity index (χ2n) is 8.05. The number of amides is 3. The van der Waals surface area contributed by atoms with Gasteiger partial charge in [0.05, 0.1) is 13.1 Å². The van der Waals surface area contributed by atoms with Crippen LogP contribution in [-0.4, -0.2) is 78.2 Å². The molecule has 29 heavy (non-hydrogen) atoms. The van der Waals surface area contributed by atoms with E-state index in [1.807, 2.05) is 52.8 Å². The molecule has 3 rings (SSSR count). The summed E-state index contributed by atoms with van der Waals surface area (Å²) in [7, 11) is 0. The third kappa shape index (κ3) is 6.03. The number of aryl methyl sites for hydroxylation is 1. The molecule has 1 saturated carbocycles. The molecule has 0 radical (unpaired) electrons. The Morgan fingerprint density at radius 2 is 1.69 bits per heavy atom. The fourth-order valence-electron chi connectivity index (χ4n) is 3.69. The lowest BCUT2D eigenvalue weighted by molar-refractivity contribution is -0.141. The zero-order valence-electron chi connectivity index (χ0n) is 17.5. The van der Waals surface area contributed by atoms with Gasteiger partial charge in [-0.25, -0.2) is 0 Å². The molecule has 7 nitrogen and oxygen atoms in total. The number of hydrogen-bond acceptors (Lipinski definition) is 4. The first-order chi connectivity index (χ1) is 14.0. The molecule has 1 aliphatic carbocycles. The van der Waals surface area contributed by atoms with E-state index in [9.17, 15) is 14.4 Å². The molecule has 2 aliphatic rings. The van der Waals surface area contributed by atoms with Gasteiger partial charge in [-0.05, 0) is 44.4 Å². The van der Waals surface area contributed by atoms with Crippen LogP contribution in [-0.2, 0) is 14.4 Å². The molecule has 1 aromatic carbocycles. The lowest BCUT2D eigenvalue weighted by Gasteiger charge is -2.36. The van der Waals surface area contributed by atoms with Crippen molar-refractivity contribution in [1.82, 2.24) is 14.7 Å². The maximum absolute atomic E-state index is 12.7. The van der Waals surface area contributed by atoms with Gasteiger partial charge in [0, 0.05) is 37.8 Å². The van der Waals surface area contributed by atoms with Gasteiger partial charge in [-0.2, -0.15) is 0 Å². The number of anilines is 1. The highest BCUT2D eigenvalue weighted by Gasteiger charge is 2.35. The molecule has 0 aromatic heterocycles. The van der Waals surface area contributed by atoms with Crippen molar-refractivity contribution in [3.8, 4) is 0 Å². The van der Waals surface area contributed by atoms with Crippen molar-refractivity contribution >= 4 is 23.4 Å². The highest BCUT2D eigenvalue weighted by Crippen LogP contribution is 2.31. The highest BCUT2D eigenvalue weighted by atomic mass is 16.2. The normalized spacial score (nSPS) is 16.8. The standard InChI is InChI=1S/C22H32N4O3/c1-3-10-24(15-20(27)23-19-7-5-4-6-17(19)2)16-21(28)25-11-13-26(14-12-25)22(29)18-8-9-18/h4-7,18H,3,8-16H2,1-2H3,(H,23,27). The summed E-state index contributed by atoms with van der Waals surface area (Å²) in [4.78, 5) is 43.0. The molecular formula is C22H32N4O3. The van der Waals surface area contributed by atoms with E-state index in [1.54, 1.807) is 0 Å². The molecule has 1 N–H and O–H groups in total. The molecule has 0 spiro atoms. The lowest BCUT2D eigenvalue weighted by atomic mass is 10.2. The van der Waals surface area contributed by atoms with Crippen LogP contribution in [0.1, 0.15) is 31.7 Å². The van der Waals surface area contributed by atoms with Crippen LogP contribution in [0.5, 0.6) is 0 Å². The monoisotopic (exact) mass is 400 g/mol. The number of nitrogens with zero attached hydrogens (tertiary/aromatic N) is 3. The van der Waals surface area contributed by atoms with E-state index in [1.165, 1.54) is 0 Å². The van der Waals surface area contributed by atoms with Crippen LogP contribution in [0.2, 0.25) is 0 Å². The quantitative estimate of drug-likeness (QED) is 0.721. The van der Waals surface area contributed by atoms with Crippen LogP contribution in [0, 0.1) is 12.8 Å². The number of hydrogen-bond donors (Lipinski definition) is 1. The number of nitrogens with one attached hydrogen (secondary N) is 1. The van der Waals surface area contributed by atoms with E-state index in [0.29, 0.717) is 32.7 Å². The van der Waals surface area contributed by atoms with Crippen LogP contribution < -0.4 is 5.32 Å². The van der Waals surface area contributed by atoms with Crippen molar-refractivity contribution in [1.29, 1.82) is 0 Å². The molecular weight excluding hydrogens is 368 g/mol. The summed E-state index contributed by atoms with van der Waals surface area (Å²) in [5.74, 6) is 0.391. The Hall–Kier alpha value is -2.41. The lowest BCUT2D eigenvalue weighted by Crippen LogP contribution is -2.53. The van der Waals surface area contributed by atoms with E-state index in [2.05, 4.69) is 5.32 Å². The maximum Gasteiger partial charge on any atom is 0.238 e. The van der Waals surface area contributed by atoms with E-state index < -0.39 is 0 Å². The van der Waals surface area contributed by atoms with Gasteiger partial charge in [0.1, 0.15) is 0 Å². The number of carbonyl (C=O) groups is 3. The summed E-state index contributed by atoms with van der Waals surface area (Å²) >= 11 is 0. The SMILES string of the molecule is CCCN(CC(=O)Nc1ccccc1C)CC(=O)N1CCN(C(=O)C2CC2)CC1. The Bertz CT molecular complexity index is 739. The Balaban J connectivity index is 1.47. The van der Waals surface area contributed by atoms with Crippen LogP contribution in [0.15, 0.2) is 24.3 Å². The molecule has 0 unspecified atom stereocenters. The average Bonchev–Trinajstić information content (AvgIpc) is 3.55. The second kappa shape index (κ2) is 9.87. The fourth-order valence-corrected chi connectivity index (χ4v) is 3.69. The molecule has 0 atom stereocenters. The summed E-state index contributed by atoms with van der Waals surface area (Å²) in [5, 5.41) is 2.94. The fraction of sp³-hybridized carbons (Fsp3) is 0.591. The van der Waals surface area contributed by atoms with Gasteiger partial charge in [-0.1, -0.05) is 25.1 Å². The summed E-state index contributed by atoms with van der Waals surface area (Å²) < 4.78 is 0. The van der Waals surface area contributed by atoms with Crippen molar-refractivity contribution in [2.75, 3.05) is 51.1 Å². The number of piperazine rings is 1. The zero-order valence-corrected chi connectivity index (χ0v) is 17.5. The van der Waals surface area contributed by atoms with Gasteiger partial charge in [-0.3, -0.25) is 19.3 Å². The van der Waals surface area contributed by atoms with Gasteiger partial charge in [0.2, 0.25) is 17.7 Å². The maximum atomic E-state index is 12.7. The third-order valence-corrected chi connectivity index (χ3v) is 5.56. The molecule has 1 saturated heterocycles. The molecule has 158 valence electrons. The molecule has 1 aliphatic heterocycles. The minimum atomic E-state index is -0.111. The van der Waals surface area contributed by atoms with Crippen molar-refractivity contribution in [2.45, 2.75) is 33.1 Å². The van der Waals surface area contributed by atoms with Crippen LogP contribution in [0.3, 0.4) is 0 Å². The largest absolute Gasteiger partial charge is 0.339 e. The minimum Gasteiger partial charge on any atom is -0.339 e. The first kappa shape index (κ1) is 21.3. The van der Waals surface area contributed by atoms with Crippen molar-refractivity contribution < 1.29 is 14.4 Å². The molecule has 0 bridgehead atoms. The van der Waals surface area contributed by atoms with Crippen LogP contribution >= 0.6 is 0 Å². The summed E-state index contributed by atoms with van der Waals surface area (Å²) in [5.41, 5.74) is 1.81. The Morgan fingerprint density at radius 3 is 2.31 bits per heavy atom. The number of rotatable bonds is 8. The molecule has 7 heteroatoms. The average molecular weight is 401 g/mol. The molecule has 2 fully saturated rings. The van der Waals surface area contributed by atoms with E-state index in [4.69, 9.17) is 0 Å². The highest BCUT2D eigenvalue weighted by molar-refractivity contribution is 5.93. The smallest absolute Gasteiger partial charge is 0.238 e. The second-order valence-corrected chi connectivity index (χ2v) is 8.05. The Kier molecular flexibility index (Phi) is 7.25. The molecule has 1 aromatic rings. The predicted molar refractivity (Wildman–Crippen MR) is 112 cm³/mol. The van der Waals surface area contributed by atoms with Gasteiger partial charge in [-0.15, -0.1) is 0 Å². The number of para-hydroxylation sites is 1. The van der Waals surface area contributed by atoms with E-state index >= 15 is 0 Å². The summed E-state index contributed by atoms with van der Waals surface area (Å²) in [6.07, 6.45) is 2.89. The van der Waals surface area contributed by atoms with Crippen LogP contribution in [0.25, 0.3) is 0 Å². The molecule has 3 amide bonds. The topological polar surface area (TPSA) is 73.0 Å². The van der Waals surface area contributed by atoms with E-state index in [-0.39, 0.29) is 36.7 Å². The van der Waals surface area contributed by atoms with Gasteiger partial charge in [0.15, 0.2) is 0 Å². The predicted octanol–water partition coefficient (Wildman–Crippen LogP) is 1.73. The number of benzene rings is 1. The first-order valence-electron chi connectivity index (χ1n) is 10.6. The van der Waals surface area contributed by atoms with Gasteiger partial charge < -0.3 is 15.1 Å². The Morgan fingerprint density at radius 1 is 1.03 bits per heavy atom. The summed E-state index contributed by atoms with van der Waals surface area (Å²) in [6, 6.07) is 7.66. The third-order valence-electron chi connectivity index (χ3n) is 5.56. The minimum absolute atomic E-state index is 0.0284. The zero-order chi connectivity index (χ0) is 20.8. The van der Waals surface area contributed by atoms with Crippen LogP contribution in [0.4, 0.5) is 5.69 Å². The number of carbonyl (C=O) groups excluding carboxylic acids is 3. The van der Waals surface area contributed by atoms with Gasteiger partial charge >= 0.3 is 0 Å². The Labute approximate surface area is 173 Å². The first-order valence-corrected chi connectivity index (χ1v) is 10.6. The summed E-state index contributed by atoms with van der Waals surface area (Å²) in [6.45, 7) is 7.48. The van der Waals surface area contributed by atoms with Crippen molar-refractivity contribution in [2.24, 2.45) is 5.92 Å². The van der Waals surface area contributed by atoms with Crippen molar-refractivity contribution in [3.63, 3.8) is 0 Å². The van der Waals surface area contributed by atoms with Crippen molar-refractivity contribution in [3.05, 3.63) is 29.8 Å². The van der Waals surface area contributed by atoms with Gasteiger partial charge in [0.25, 0.3) is 0 Å².